The van der Waals surface area contributed by atoms with Crippen molar-refractivity contribution in [3.05, 3.63) is 94.5 Å². The first-order valence-electron chi connectivity index (χ1n) is 15.2. The molecule has 3 aromatic rings. The zero-order chi connectivity index (χ0) is 30.0. The molecule has 2 fully saturated rings. The lowest BCUT2D eigenvalue weighted by Crippen LogP contribution is -2.78. The maximum absolute atomic E-state index is 13.6. The zero-order valence-electron chi connectivity index (χ0n) is 24.6. The molecule has 2 heterocycles. The van der Waals surface area contributed by atoms with Crippen LogP contribution in [0.25, 0.3) is 0 Å². The number of nitrogens with zero attached hydrogens (tertiary/aromatic N) is 1. The molecule has 1 saturated heterocycles. The Labute approximate surface area is 253 Å². The number of ether oxygens (including phenoxy) is 2. The number of aliphatic hydroxyl groups is 1. The number of benzene rings is 3. The number of nitrogens with one attached hydrogen (secondary N) is 1. The van der Waals surface area contributed by atoms with E-state index < -0.39 is 39.2 Å². The predicted octanol–water partition coefficient (Wildman–Crippen LogP) is 3.81. The number of piperidine rings is 1. The van der Waals surface area contributed by atoms with Crippen LogP contribution in [-0.2, 0) is 38.8 Å². The fourth-order valence-corrected chi connectivity index (χ4v) is 9.93. The van der Waals surface area contributed by atoms with Crippen LogP contribution in [0, 0.1) is 6.92 Å². The van der Waals surface area contributed by atoms with E-state index in [0.717, 1.165) is 41.8 Å². The number of likely N-dealkylation sites (tertiary alicyclic amines) is 1. The molecule has 0 radical (unpaired) electrons. The molecule has 226 valence electrons. The van der Waals surface area contributed by atoms with Crippen LogP contribution in [0.3, 0.4) is 0 Å². The zero-order valence-corrected chi connectivity index (χ0v) is 25.4. The Morgan fingerprint density at radius 2 is 1.86 bits per heavy atom. The van der Waals surface area contributed by atoms with Crippen LogP contribution in [0.5, 0.6) is 11.5 Å². The van der Waals surface area contributed by atoms with Crippen LogP contribution in [0.4, 0.5) is 0 Å². The lowest BCUT2D eigenvalue weighted by atomic mass is 9.48. The summed E-state index contributed by atoms with van der Waals surface area (Å²) in [7, 11) is -3.73. The Morgan fingerprint density at radius 3 is 2.63 bits per heavy atom. The van der Waals surface area contributed by atoms with Crippen molar-refractivity contribution in [3.8, 4) is 11.5 Å². The highest BCUT2D eigenvalue weighted by Crippen LogP contribution is 2.65. The Morgan fingerprint density at radius 1 is 1.09 bits per heavy atom. The van der Waals surface area contributed by atoms with E-state index in [0.29, 0.717) is 37.2 Å². The van der Waals surface area contributed by atoms with Gasteiger partial charge < -0.3 is 14.6 Å². The van der Waals surface area contributed by atoms with E-state index in [1.54, 1.807) is 6.07 Å². The van der Waals surface area contributed by atoms with E-state index in [1.807, 2.05) is 43.3 Å². The van der Waals surface area contributed by atoms with Gasteiger partial charge in [0.1, 0.15) is 6.10 Å². The molecule has 3 aromatic carbocycles. The van der Waals surface area contributed by atoms with Gasteiger partial charge in [-0.05, 0) is 73.9 Å². The first-order chi connectivity index (χ1) is 20.6. The number of hydrogen-bond acceptors (Lipinski definition) is 7. The average Bonchev–Trinajstić information content (AvgIpc) is 3.32. The molecule has 5 atom stereocenters. The topological polar surface area (TPSA) is 105 Å². The van der Waals surface area contributed by atoms with Gasteiger partial charge in [0.15, 0.2) is 11.5 Å². The van der Waals surface area contributed by atoms with Crippen LogP contribution < -0.4 is 14.2 Å². The second-order valence-corrected chi connectivity index (χ2v) is 14.4. The van der Waals surface area contributed by atoms with Crippen LogP contribution >= 0.6 is 0 Å². The van der Waals surface area contributed by atoms with E-state index >= 15 is 0 Å². The molecule has 2 aliphatic heterocycles. The van der Waals surface area contributed by atoms with Gasteiger partial charge in [0.25, 0.3) is 0 Å². The van der Waals surface area contributed by atoms with Crippen molar-refractivity contribution in [2.24, 2.45) is 0 Å². The molecule has 4 aliphatic rings. The fourth-order valence-electron chi connectivity index (χ4n) is 8.41. The van der Waals surface area contributed by atoms with Crippen molar-refractivity contribution in [2.45, 2.75) is 80.9 Å². The minimum Gasteiger partial charge on any atom is -0.483 e. The number of carbonyl (C=O) groups excluding carboxylic acids is 1. The average molecular weight is 603 g/mol. The van der Waals surface area contributed by atoms with E-state index in [9.17, 15) is 18.3 Å². The van der Waals surface area contributed by atoms with Crippen molar-refractivity contribution >= 4 is 16.0 Å². The van der Waals surface area contributed by atoms with Crippen molar-refractivity contribution in [2.75, 3.05) is 13.1 Å². The van der Waals surface area contributed by atoms with Gasteiger partial charge in [-0.1, -0.05) is 60.7 Å². The Kier molecular flexibility index (Phi) is 6.93. The Balaban J connectivity index is 1.26. The maximum atomic E-state index is 13.6. The van der Waals surface area contributed by atoms with Gasteiger partial charge in [-0.2, -0.15) is 0 Å². The van der Waals surface area contributed by atoms with Crippen LogP contribution in [0.1, 0.15) is 54.0 Å². The summed E-state index contributed by atoms with van der Waals surface area (Å²) in [6.45, 7) is 4.83. The van der Waals surface area contributed by atoms with Gasteiger partial charge >= 0.3 is 5.97 Å². The van der Waals surface area contributed by atoms with Gasteiger partial charge in [-0.15, -0.1) is 0 Å². The molecule has 8 nitrogen and oxygen atoms in total. The molecule has 9 heteroatoms. The Bertz CT molecular complexity index is 1680. The number of hydrogen-bond donors (Lipinski definition) is 2. The molecule has 1 spiro atoms. The molecule has 43 heavy (non-hydrogen) atoms. The summed E-state index contributed by atoms with van der Waals surface area (Å²) in [6.07, 6.45) is 2.38. The first-order valence-corrected chi connectivity index (χ1v) is 16.8. The Hall–Kier alpha value is -3.24. The molecular formula is C34H38N2O6S. The van der Waals surface area contributed by atoms with Crippen molar-refractivity contribution < 1.29 is 27.8 Å². The summed E-state index contributed by atoms with van der Waals surface area (Å²) < 4.78 is 42.4. The second kappa shape index (κ2) is 10.4. The highest BCUT2D eigenvalue weighted by atomic mass is 32.2. The number of rotatable bonds is 8. The van der Waals surface area contributed by atoms with Crippen LogP contribution in [0.2, 0.25) is 0 Å². The number of carbonyl (C=O) groups is 1. The van der Waals surface area contributed by atoms with E-state index in [2.05, 4.69) is 33.9 Å². The van der Waals surface area contributed by atoms with Gasteiger partial charge in [-0.25, -0.2) is 13.1 Å². The third kappa shape index (κ3) is 4.60. The summed E-state index contributed by atoms with van der Waals surface area (Å²) in [6, 6.07) is 21.0. The van der Waals surface area contributed by atoms with Crippen LogP contribution in [-0.4, -0.2) is 61.3 Å². The summed E-state index contributed by atoms with van der Waals surface area (Å²) in [5.41, 5.74) is 2.93. The highest BCUT2D eigenvalue weighted by Gasteiger charge is 2.73. The number of esters is 1. The largest absolute Gasteiger partial charge is 0.483 e. The molecule has 1 saturated carbocycles. The van der Waals surface area contributed by atoms with Gasteiger partial charge in [0, 0.05) is 25.1 Å². The minimum absolute atomic E-state index is 0.132. The second-order valence-electron chi connectivity index (χ2n) is 12.6. The molecule has 7 rings (SSSR count). The van der Waals surface area contributed by atoms with E-state index in [-0.39, 0.29) is 11.8 Å². The van der Waals surface area contributed by atoms with Crippen molar-refractivity contribution in [3.63, 3.8) is 0 Å². The van der Waals surface area contributed by atoms with Crippen molar-refractivity contribution in [1.29, 1.82) is 0 Å². The smallest absolute Gasteiger partial charge is 0.308 e. The highest BCUT2D eigenvalue weighted by molar-refractivity contribution is 7.88. The van der Waals surface area contributed by atoms with Gasteiger partial charge in [0.05, 0.1) is 22.8 Å². The number of sulfonamides is 1. The fraction of sp³-hybridized carbons (Fsp3) is 0.441. The van der Waals surface area contributed by atoms with Gasteiger partial charge in [0.2, 0.25) is 10.0 Å². The van der Waals surface area contributed by atoms with Gasteiger partial charge in [-0.3, -0.25) is 9.69 Å². The van der Waals surface area contributed by atoms with E-state index in [1.165, 1.54) is 12.5 Å². The SMILES string of the molecule is CC(=O)Oc1ccc2c3c1O[C@H]1[C@@H](NS(=O)(=O)Cc4ccccc4C)CC[C@@]4(O)[C@@H](C2)N(CCc2ccccc2)CC[C@]314. The molecule has 0 unspecified atom stereocenters. The summed E-state index contributed by atoms with van der Waals surface area (Å²) in [5.74, 6) is 0.205. The third-order valence-corrected chi connectivity index (χ3v) is 11.6. The lowest BCUT2D eigenvalue weighted by molar-refractivity contribution is -0.189. The summed E-state index contributed by atoms with van der Waals surface area (Å²) >= 11 is 0. The lowest BCUT2D eigenvalue weighted by Gasteiger charge is -2.64. The summed E-state index contributed by atoms with van der Waals surface area (Å²) in [5, 5.41) is 12.8. The molecule has 0 aromatic heterocycles. The quantitative estimate of drug-likeness (QED) is 0.299. The predicted molar refractivity (Wildman–Crippen MR) is 163 cm³/mol. The molecule has 2 aliphatic carbocycles. The third-order valence-electron chi connectivity index (χ3n) is 10.3. The van der Waals surface area contributed by atoms with Crippen LogP contribution in [0.15, 0.2) is 66.7 Å². The molecule has 2 bridgehead atoms. The number of aryl methyl sites for hydroxylation is 1. The maximum Gasteiger partial charge on any atom is 0.308 e. The summed E-state index contributed by atoms with van der Waals surface area (Å²) in [4.78, 5) is 14.4. The monoisotopic (exact) mass is 602 g/mol. The molecular weight excluding hydrogens is 564 g/mol. The van der Waals surface area contributed by atoms with E-state index in [4.69, 9.17) is 9.47 Å². The molecule has 2 N–H and O–H groups in total. The minimum atomic E-state index is -3.73. The standard InChI is InChI=1S/C34H38N2O6S/c1-22-8-6-7-11-26(22)21-43(39,40)35-27-14-16-34(38)29-20-25-12-13-28(41-23(2)37)31-30(25)33(34,32(27)42-31)17-19-36(29)18-15-24-9-4-3-5-10-24/h3-13,27,29,32,35,38H,14-21H2,1-2H3/t27-,29+,32-,33-,34+/m0/s1. The van der Waals surface area contributed by atoms with Crippen molar-refractivity contribution in [1.82, 2.24) is 9.62 Å². The first kappa shape index (κ1) is 28.5. The molecule has 0 amide bonds. The normalized spacial score (nSPS) is 29.0.